The summed E-state index contributed by atoms with van der Waals surface area (Å²) in [6, 6.07) is 9.88. The van der Waals surface area contributed by atoms with Gasteiger partial charge in [0.2, 0.25) is 0 Å². The lowest BCUT2D eigenvalue weighted by Crippen LogP contribution is -2.23. The van der Waals surface area contributed by atoms with E-state index in [0.717, 1.165) is 29.7 Å². The topological polar surface area (TPSA) is 32.6 Å². The molecule has 0 saturated heterocycles. The van der Waals surface area contributed by atoms with Crippen LogP contribution in [0.15, 0.2) is 47.1 Å². The van der Waals surface area contributed by atoms with Crippen molar-refractivity contribution in [1.82, 2.24) is 0 Å². The van der Waals surface area contributed by atoms with E-state index in [0.29, 0.717) is 5.92 Å². The Morgan fingerprint density at radius 2 is 1.86 bits per heavy atom. The van der Waals surface area contributed by atoms with Crippen LogP contribution in [0, 0.1) is 17.8 Å². The van der Waals surface area contributed by atoms with Crippen molar-refractivity contribution in [2.45, 2.75) is 52.1 Å². The average Bonchev–Trinajstić information content (AvgIpc) is 2.58. The lowest BCUT2D eigenvalue weighted by molar-refractivity contribution is 0.115. The fraction of sp³-hybridized carbons (Fsp3) is 0.450. The molecule has 0 bridgehead atoms. The van der Waals surface area contributed by atoms with E-state index in [9.17, 15) is 5.11 Å². The largest absolute Gasteiger partial charge is 0.388 e. The maximum absolute atomic E-state index is 10.4. The Kier molecular flexibility index (Phi) is 6.43. The van der Waals surface area contributed by atoms with Gasteiger partial charge in [0, 0.05) is 11.8 Å². The Morgan fingerprint density at radius 1 is 1.18 bits per heavy atom. The molecule has 116 valence electrons. The Hall–Kier alpha value is -1.85. The van der Waals surface area contributed by atoms with Crippen LogP contribution in [0.4, 0.5) is 0 Å². The molecule has 1 aromatic carbocycles. The Balaban J connectivity index is 1.97. The number of hydrogen-bond acceptors (Lipinski definition) is 2. The van der Waals surface area contributed by atoms with Crippen LogP contribution in [0.25, 0.3) is 0 Å². The molecule has 0 aliphatic heterocycles. The van der Waals surface area contributed by atoms with Crippen LogP contribution < -0.4 is 0 Å². The fourth-order valence-corrected chi connectivity index (χ4v) is 2.81. The number of aliphatic hydroxyl groups is 1. The summed E-state index contributed by atoms with van der Waals surface area (Å²) in [6.07, 6.45) is 7.44. The molecule has 0 amide bonds. The number of aliphatic hydroxyl groups excluding tert-OH is 1. The first-order chi connectivity index (χ1) is 10.7. The molecule has 22 heavy (non-hydrogen) atoms. The quantitative estimate of drug-likeness (QED) is 0.653. The van der Waals surface area contributed by atoms with Crippen molar-refractivity contribution in [1.29, 1.82) is 0 Å². The van der Waals surface area contributed by atoms with Gasteiger partial charge in [-0.1, -0.05) is 43.4 Å². The molecule has 1 saturated carbocycles. The molecule has 0 aromatic heterocycles. The van der Waals surface area contributed by atoms with Crippen molar-refractivity contribution < 1.29 is 5.11 Å². The second-order valence-corrected chi connectivity index (χ2v) is 6.05. The van der Waals surface area contributed by atoms with Gasteiger partial charge in [0.25, 0.3) is 0 Å². The van der Waals surface area contributed by atoms with Gasteiger partial charge < -0.3 is 5.11 Å². The van der Waals surface area contributed by atoms with Gasteiger partial charge in [-0.2, -0.15) is 0 Å². The van der Waals surface area contributed by atoms with Crippen molar-refractivity contribution in [2.75, 3.05) is 0 Å². The molecule has 1 unspecified atom stereocenters. The third-order valence-corrected chi connectivity index (χ3v) is 4.19. The minimum Gasteiger partial charge on any atom is -0.388 e. The van der Waals surface area contributed by atoms with Crippen molar-refractivity contribution in [2.24, 2.45) is 10.9 Å². The summed E-state index contributed by atoms with van der Waals surface area (Å²) in [4.78, 5) is 4.38. The van der Waals surface area contributed by atoms with Crippen LogP contribution in [0.1, 0.15) is 51.5 Å². The summed E-state index contributed by atoms with van der Waals surface area (Å²) in [7, 11) is 0. The van der Waals surface area contributed by atoms with Crippen molar-refractivity contribution >= 4 is 5.71 Å². The monoisotopic (exact) mass is 295 g/mol. The summed E-state index contributed by atoms with van der Waals surface area (Å²) >= 11 is 0. The molecule has 1 N–H and O–H groups in total. The molecule has 2 nitrogen and oxygen atoms in total. The normalized spacial score (nSPS) is 18.5. The third-order valence-electron chi connectivity index (χ3n) is 4.19. The molecule has 1 aliphatic rings. The van der Waals surface area contributed by atoms with Crippen LogP contribution in [0.3, 0.4) is 0 Å². The molecule has 0 radical (unpaired) electrons. The lowest BCUT2D eigenvalue weighted by atomic mass is 9.83. The SMILES string of the molecule is CC(C#Cc1ccccc1)=N/C=C(\C)C(O)C1CCCCC1. The van der Waals surface area contributed by atoms with Gasteiger partial charge in [-0.3, -0.25) is 4.99 Å². The van der Waals surface area contributed by atoms with Crippen LogP contribution in [-0.4, -0.2) is 16.9 Å². The Labute approximate surface area is 134 Å². The van der Waals surface area contributed by atoms with Crippen LogP contribution in [0.2, 0.25) is 0 Å². The standard InChI is InChI=1S/C20H25NO/c1-16(20(22)19-11-7-4-8-12-19)15-21-17(2)13-14-18-9-5-3-6-10-18/h3,5-6,9-10,15,19-20,22H,4,7-8,11-12H2,1-2H3/b16-15+,21-17?. The molecule has 1 atom stereocenters. The first-order valence-corrected chi connectivity index (χ1v) is 8.13. The number of rotatable bonds is 3. The summed E-state index contributed by atoms with van der Waals surface area (Å²) in [6.45, 7) is 3.85. The number of nitrogens with zero attached hydrogens (tertiary/aromatic N) is 1. The highest BCUT2D eigenvalue weighted by Crippen LogP contribution is 2.29. The second-order valence-electron chi connectivity index (χ2n) is 6.05. The van der Waals surface area contributed by atoms with Crippen LogP contribution >= 0.6 is 0 Å². The second kappa shape index (κ2) is 8.56. The zero-order valence-electron chi connectivity index (χ0n) is 13.5. The van der Waals surface area contributed by atoms with Gasteiger partial charge in [0.1, 0.15) is 0 Å². The van der Waals surface area contributed by atoms with E-state index in [1.807, 2.05) is 44.2 Å². The fourth-order valence-electron chi connectivity index (χ4n) is 2.81. The maximum Gasteiger partial charge on any atom is 0.0871 e. The molecule has 2 heteroatoms. The predicted octanol–water partition coefficient (Wildman–Crippen LogP) is 4.34. The van der Waals surface area contributed by atoms with Gasteiger partial charge >= 0.3 is 0 Å². The highest BCUT2D eigenvalue weighted by atomic mass is 16.3. The minimum absolute atomic E-state index is 0.362. The lowest BCUT2D eigenvalue weighted by Gasteiger charge is -2.26. The van der Waals surface area contributed by atoms with Gasteiger partial charge in [-0.15, -0.1) is 0 Å². The van der Waals surface area contributed by atoms with Gasteiger partial charge in [-0.05, 0) is 56.2 Å². The van der Waals surface area contributed by atoms with Crippen molar-refractivity contribution in [3.63, 3.8) is 0 Å². The zero-order chi connectivity index (χ0) is 15.8. The molecule has 0 heterocycles. The van der Waals surface area contributed by atoms with Gasteiger partial charge in [0.05, 0.1) is 11.8 Å². The summed E-state index contributed by atoms with van der Waals surface area (Å²) in [5.41, 5.74) is 2.69. The summed E-state index contributed by atoms with van der Waals surface area (Å²) in [5.74, 6) is 6.53. The molecule has 1 fully saturated rings. The molecular weight excluding hydrogens is 270 g/mol. The van der Waals surface area contributed by atoms with E-state index < -0.39 is 0 Å². The van der Waals surface area contributed by atoms with Crippen molar-refractivity contribution in [3.8, 4) is 11.8 Å². The first kappa shape index (κ1) is 16.5. The van der Waals surface area contributed by atoms with Crippen LogP contribution in [0.5, 0.6) is 0 Å². The number of benzene rings is 1. The number of hydrogen-bond donors (Lipinski definition) is 1. The van der Waals surface area contributed by atoms with E-state index in [-0.39, 0.29) is 6.10 Å². The smallest absolute Gasteiger partial charge is 0.0871 e. The van der Waals surface area contributed by atoms with E-state index >= 15 is 0 Å². The van der Waals surface area contributed by atoms with E-state index in [1.165, 1.54) is 19.3 Å². The minimum atomic E-state index is -0.362. The molecule has 1 aromatic rings. The Bertz CT molecular complexity index is 583. The third kappa shape index (κ3) is 5.16. The van der Waals surface area contributed by atoms with E-state index in [4.69, 9.17) is 0 Å². The van der Waals surface area contributed by atoms with Gasteiger partial charge in [-0.25, -0.2) is 0 Å². The average molecular weight is 295 g/mol. The van der Waals surface area contributed by atoms with Gasteiger partial charge in [0.15, 0.2) is 0 Å². The molecular formula is C20H25NO. The summed E-state index contributed by atoms with van der Waals surface area (Å²) in [5, 5.41) is 10.4. The zero-order valence-corrected chi connectivity index (χ0v) is 13.5. The molecule has 0 spiro atoms. The highest BCUT2D eigenvalue weighted by Gasteiger charge is 2.22. The van der Waals surface area contributed by atoms with E-state index in [2.05, 4.69) is 16.8 Å². The number of aliphatic imine (C=N–C) groups is 1. The highest BCUT2D eigenvalue weighted by molar-refractivity contribution is 5.99. The van der Waals surface area contributed by atoms with E-state index in [1.54, 1.807) is 6.20 Å². The summed E-state index contributed by atoms with van der Waals surface area (Å²) < 4.78 is 0. The molecule has 1 aliphatic carbocycles. The van der Waals surface area contributed by atoms with Crippen LogP contribution in [-0.2, 0) is 0 Å². The molecule has 2 rings (SSSR count). The van der Waals surface area contributed by atoms with Crippen molar-refractivity contribution in [3.05, 3.63) is 47.7 Å². The predicted molar refractivity (Wildman–Crippen MR) is 92.8 cm³/mol. The Morgan fingerprint density at radius 3 is 2.55 bits per heavy atom. The maximum atomic E-state index is 10.4. The first-order valence-electron chi connectivity index (χ1n) is 8.13.